The number of hydrogen-bond donors (Lipinski definition) is 2. The van der Waals surface area contributed by atoms with Crippen LogP contribution in [-0.4, -0.2) is 16.8 Å². The van der Waals surface area contributed by atoms with Crippen molar-refractivity contribution in [1.82, 2.24) is 0 Å². The lowest BCUT2D eigenvalue weighted by Crippen LogP contribution is -1.97. The Morgan fingerprint density at radius 1 is 0.900 bits per heavy atom. The van der Waals surface area contributed by atoms with Crippen LogP contribution in [0.3, 0.4) is 0 Å². The average Bonchev–Trinajstić information content (AvgIpc) is 2.44. The zero-order valence-corrected chi connectivity index (χ0v) is 12.6. The first kappa shape index (κ1) is 14.6. The van der Waals surface area contributed by atoms with E-state index in [-0.39, 0.29) is 6.61 Å². The first-order valence-electron chi connectivity index (χ1n) is 6.96. The van der Waals surface area contributed by atoms with Gasteiger partial charge in [-0.1, -0.05) is 24.3 Å². The summed E-state index contributed by atoms with van der Waals surface area (Å²) >= 11 is 0. The summed E-state index contributed by atoms with van der Waals surface area (Å²) in [5.41, 5.74) is 7.59. The predicted molar refractivity (Wildman–Crippen MR) is 83.3 cm³/mol. The van der Waals surface area contributed by atoms with Gasteiger partial charge in [0.15, 0.2) is 0 Å². The van der Waals surface area contributed by atoms with Crippen molar-refractivity contribution in [3.63, 3.8) is 0 Å². The Kier molecular flexibility index (Phi) is 4.15. The van der Waals surface area contributed by atoms with Crippen LogP contribution in [0.4, 0.5) is 0 Å². The van der Waals surface area contributed by atoms with Gasteiger partial charge in [-0.25, -0.2) is 0 Å². The Morgan fingerprint density at radius 3 is 2.05 bits per heavy atom. The fourth-order valence-electron chi connectivity index (χ4n) is 2.74. The maximum Gasteiger partial charge on any atom is 0.121 e. The van der Waals surface area contributed by atoms with E-state index in [4.69, 9.17) is 5.11 Å². The van der Waals surface area contributed by atoms with Gasteiger partial charge >= 0.3 is 0 Å². The molecular weight excluding hydrogens is 248 g/mol. The van der Waals surface area contributed by atoms with Crippen LogP contribution in [0.5, 0.6) is 5.75 Å². The molecular formula is C18H22O2. The van der Waals surface area contributed by atoms with Gasteiger partial charge in [0.25, 0.3) is 0 Å². The number of phenolic OH excluding ortho intramolecular Hbond substituents is 1. The number of hydrogen-bond acceptors (Lipinski definition) is 2. The molecule has 0 aliphatic heterocycles. The van der Waals surface area contributed by atoms with Gasteiger partial charge in [0.2, 0.25) is 0 Å². The number of aliphatic hydroxyl groups is 1. The third kappa shape index (κ3) is 2.44. The highest BCUT2D eigenvalue weighted by atomic mass is 16.3. The standard InChI is InChI=1S/C18H22O2/c1-11-13(3)18(20)14(4)12(2)17(11)16-7-5-6-15(10-16)8-9-19/h5-7,10,19-20H,8-9H2,1-4H3. The van der Waals surface area contributed by atoms with Crippen LogP contribution in [0.25, 0.3) is 11.1 Å². The SMILES string of the molecule is Cc1c(C)c(-c2cccc(CCO)c2)c(C)c(C)c1O. The number of phenols is 1. The Balaban J connectivity index is 2.67. The quantitative estimate of drug-likeness (QED) is 0.890. The minimum absolute atomic E-state index is 0.162. The maximum absolute atomic E-state index is 10.1. The highest BCUT2D eigenvalue weighted by molar-refractivity contribution is 5.76. The fraction of sp³-hybridized carbons (Fsp3) is 0.333. The molecule has 0 saturated heterocycles. The number of aliphatic hydroxyl groups excluding tert-OH is 1. The van der Waals surface area contributed by atoms with Crippen LogP contribution in [0.2, 0.25) is 0 Å². The Hall–Kier alpha value is -1.80. The van der Waals surface area contributed by atoms with Crippen molar-refractivity contribution in [1.29, 1.82) is 0 Å². The van der Waals surface area contributed by atoms with E-state index in [0.717, 1.165) is 33.4 Å². The highest BCUT2D eigenvalue weighted by Crippen LogP contribution is 2.37. The van der Waals surface area contributed by atoms with Gasteiger partial charge in [-0.15, -0.1) is 0 Å². The minimum Gasteiger partial charge on any atom is -0.507 e. The summed E-state index contributed by atoms with van der Waals surface area (Å²) in [4.78, 5) is 0. The van der Waals surface area contributed by atoms with E-state index in [1.54, 1.807) is 0 Å². The summed E-state index contributed by atoms with van der Waals surface area (Å²) in [5.74, 6) is 0.398. The van der Waals surface area contributed by atoms with Gasteiger partial charge in [-0.05, 0) is 73.1 Å². The van der Waals surface area contributed by atoms with Crippen LogP contribution in [0, 0.1) is 27.7 Å². The van der Waals surface area contributed by atoms with E-state index in [1.165, 1.54) is 5.56 Å². The van der Waals surface area contributed by atoms with Crippen molar-refractivity contribution in [2.24, 2.45) is 0 Å². The third-order valence-corrected chi connectivity index (χ3v) is 4.20. The first-order valence-corrected chi connectivity index (χ1v) is 6.96. The largest absolute Gasteiger partial charge is 0.507 e. The van der Waals surface area contributed by atoms with E-state index < -0.39 is 0 Å². The predicted octanol–water partition coefficient (Wildman–Crippen LogP) is 3.83. The molecule has 0 saturated carbocycles. The summed E-state index contributed by atoms with van der Waals surface area (Å²) in [6.45, 7) is 8.18. The van der Waals surface area contributed by atoms with Crippen molar-refractivity contribution in [3.05, 3.63) is 52.1 Å². The monoisotopic (exact) mass is 270 g/mol. The molecule has 2 aromatic rings. The van der Waals surface area contributed by atoms with Crippen LogP contribution >= 0.6 is 0 Å². The molecule has 0 heterocycles. The van der Waals surface area contributed by atoms with Gasteiger partial charge in [-0.3, -0.25) is 0 Å². The average molecular weight is 270 g/mol. The third-order valence-electron chi connectivity index (χ3n) is 4.20. The van der Waals surface area contributed by atoms with Crippen LogP contribution in [0.1, 0.15) is 27.8 Å². The molecule has 0 fully saturated rings. The molecule has 20 heavy (non-hydrogen) atoms. The lowest BCUT2D eigenvalue weighted by Gasteiger charge is -2.18. The zero-order chi connectivity index (χ0) is 14.9. The molecule has 0 atom stereocenters. The zero-order valence-electron chi connectivity index (χ0n) is 12.6. The number of benzene rings is 2. The van der Waals surface area contributed by atoms with E-state index in [2.05, 4.69) is 26.0 Å². The van der Waals surface area contributed by atoms with Gasteiger partial charge in [0, 0.05) is 6.61 Å². The van der Waals surface area contributed by atoms with Gasteiger partial charge in [0.1, 0.15) is 5.75 Å². The summed E-state index contributed by atoms with van der Waals surface area (Å²) in [5, 5.41) is 19.2. The second-order valence-corrected chi connectivity index (χ2v) is 5.40. The van der Waals surface area contributed by atoms with Crippen molar-refractivity contribution < 1.29 is 10.2 Å². The summed E-state index contributed by atoms with van der Waals surface area (Å²) in [6, 6.07) is 8.27. The van der Waals surface area contributed by atoms with Crippen LogP contribution in [0.15, 0.2) is 24.3 Å². The van der Waals surface area contributed by atoms with E-state index in [9.17, 15) is 5.11 Å². The molecule has 2 aromatic carbocycles. The molecule has 0 spiro atoms. The molecule has 0 aliphatic carbocycles. The van der Waals surface area contributed by atoms with Crippen molar-refractivity contribution in [3.8, 4) is 16.9 Å². The van der Waals surface area contributed by atoms with Crippen LogP contribution in [-0.2, 0) is 6.42 Å². The van der Waals surface area contributed by atoms with E-state index in [1.807, 2.05) is 26.0 Å². The topological polar surface area (TPSA) is 40.5 Å². The maximum atomic E-state index is 10.1. The molecule has 0 aromatic heterocycles. The molecule has 2 nitrogen and oxygen atoms in total. The fourth-order valence-corrected chi connectivity index (χ4v) is 2.74. The van der Waals surface area contributed by atoms with Gasteiger partial charge in [0.05, 0.1) is 0 Å². The van der Waals surface area contributed by atoms with Crippen LogP contribution < -0.4 is 0 Å². The molecule has 0 bridgehead atoms. The molecule has 2 rings (SSSR count). The lowest BCUT2D eigenvalue weighted by molar-refractivity contribution is 0.299. The smallest absolute Gasteiger partial charge is 0.121 e. The molecule has 0 amide bonds. The molecule has 0 unspecified atom stereocenters. The summed E-state index contributed by atoms with van der Waals surface area (Å²) < 4.78 is 0. The van der Waals surface area contributed by atoms with E-state index >= 15 is 0 Å². The second kappa shape index (κ2) is 5.68. The van der Waals surface area contributed by atoms with Gasteiger partial charge < -0.3 is 10.2 Å². The normalized spacial score (nSPS) is 10.8. The first-order chi connectivity index (χ1) is 9.47. The summed E-state index contributed by atoms with van der Waals surface area (Å²) in [7, 11) is 0. The summed E-state index contributed by atoms with van der Waals surface area (Å²) in [6.07, 6.45) is 0.669. The van der Waals surface area contributed by atoms with Crippen molar-refractivity contribution >= 4 is 0 Å². The Labute approximate surface area is 120 Å². The second-order valence-electron chi connectivity index (χ2n) is 5.40. The molecule has 0 radical (unpaired) electrons. The lowest BCUT2D eigenvalue weighted by atomic mass is 9.88. The molecule has 2 heteroatoms. The van der Waals surface area contributed by atoms with Gasteiger partial charge in [-0.2, -0.15) is 0 Å². The minimum atomic E-state index is 0.162. The van der Waals surface area contributed by atoms with Crippen molar-refractivity contribution in [2.75, 3.05) is 6.61 Å². The number of rotatable bonds is 3. The number of aromatic hydroxyl groups is 1. The highest BCUT2D eigenvalue weighted by Gasteiger charge is 2.15. The molecule has 2 N–H and O–H groups in total. The molecule has 0 aliphatic rings. The Morgan fingerprint density at radius 2 is 1.50 bits per heavy atom. The Bertz CT molecular complexity index is 613. The molecule has 106 valence electrons. The van der Waals surface area contributed by atoms with Crippen molar-refractivity contribution in [2.45, 2.75) is 34.1 Å². The van der Waals surface area contributed by atoms with E-state index in [0.29, 0.717) is 12.2 Å².